The van der Waals surface area contributed by atoms with Crippen LogP contribution in [0.3, 0.4) is 0 Å². The lowest BCUT2D eigenvalue weighted by atomic mass is 10.2. The molecule has 1 fully saturated rings. The Bertz CT molecular complexity index is 445. The molecule has 0 spiro atoms. The number of methoxy groups -OCH3 is 1. The molecule has 1 aliphatic heterocycles. The van der Waals surface area contributed by atoms with Gasteiger partial charge in [0.1, 0.15) is 0 Å². The quantitative estimate of drug-likeness (QED) is 0.760. The van der Waals surface area contributed by atoms with Crippen LogP contribution in [0.1, 0.15) is 32.0 Å². The third-order valence-electron chi connectivity index (χ3n) is 3.42. The summed E-state index contributed by atoms with van der Waals surface area (Å²) in [6.45, 7) is 7.26. The monoisotopic (exact) mass is 281 g/mol. The van der Waals surface area contributed by atoms with Crippen molar-refractivity contribution in [2.45, 2.75) is 39.0 Å². The SMILES string of the molecule is COC(=O)CC1CN(Cc2ccn(C(C)C)n2)CCO1. The first kappa shape index (κ1) is 15.0. The molecule has 0 N–H and O–H groups in total. The summed E-state index contributed by atoms with van der Waals surface area (Å²) in [5.41, 5.74) is 1.05. The Morgan fingerprint density at radius 1 is 1.60 bits per heavy atom. The zero-order chi connectivity index (χ0) is 14.5. The second kappa shape index (κ2) is 6.85. The molecule has 0 amide bonds. The van der Waals surface area contributed by atoms with E-state index >= 15 is 0 Å². The van der Waals surface area contributed by atoms with Gasteiger partial charge in [-0.3, -0.25) is 14.4 Å². The highest BCUT2D eigenvalue weighted by atomic mass is 16.5. The molecule has 6 nitrogen and oxygen atoms in total. The normalized spacial score (nSPS) is 20.3. The molecule has 1 aromatic rings. The average Bonchev–Trinajstić information content (AvgIpc) is 2.87. The van der Waals surface area contributed by atoms with E-state index in [0.717, 1.165) is 25.3 Å². The second-order valence-corrected chi connectivity index (χ2v) is 5.39. The van der Waals surface area contributed by atoms with Crippen LogP contribution in [-0.4, -0.2) is 53.6 Å². The number of nitrogens with zero attached hydrogens (tertiary/aromatic N) is 3. The van der Waals surface area contributed by atoms with Crippen LogP contribution in [0, 0.1) is 0 Å². The number of carbonyl (C=O) groups is 1. The van der Waals surface area contributed by atoms with Gasteiger partial charge in [-0.2, -0.15) is 5.10 Å². The molecule has 2 rings (SSSR count). The van der Waals surface area contributed by atoms with Gasteiger partial charge >= 0.3 is 5.97 Å². The largest absolute Gasteiger partial charge is 0.469 e. The Kier molecular flexibility index (Phi) is 5.14. The van der Waals surface area contributed by atoms with E-state index in [4.69, 9.17) is 4.74 Å². The van der Waals surface area contributed by atoms with E-state index in [2.05, 4.69) is 28.6 Å². The third kappa shape index (κ3) is 4.05. The summed E-state index contributed by atoms with van der Waals surface area (Å²) in [7, 11) is 1.40. The van der Waals surface area contributed by atoms with E-state index in [9.17, 15) is 4.79 Å². The summed E-state index contributed by atoms with van der Waals surface area (Å²) < 4.78 is 12.2. The summed E-state index contributed by atoms with van der Waals surface area (Å²) in [4.78, 5) is 13.6. The summed E-state index contributed by atoms with van der Waals surface area (Å²) in [6, 6.07) is 2.42. The van der Waals surface area contributed by atoms with Crippen LogP contribution in [0.15, 0.2) is 12.3 Å². The fraction of sp³-hybridized carbons (Fsp3) is 0.714. The van der Waals surface area contributed by atoms with Crippen molar-refractivity contribution in [3.05, 3.63) is 18.0 Å². The Hall–Kier alpha value is -1.40. The van der Waals surface area contributed by atoms with Crippen LogP contribution < -0.4 is 0 Å². The predicted molar refractivity (Wildman–Crippen MR) is 74.3 cm³/mol. The first-order valence-corrected chi connectivity index (χ1v) is 7.03. The number of ether oxygens (including phenoxy) is 2. The number of hydrogen-bond donors (Lipinski definition) is 0. The Morgan fingerprint density at radius 3 is 3.05 bits per heavy atom. The van der Waals surface area contributed by atoms with Crippen molar-refractivity contribution in [3.63, 3.8) is 0 Å². The van der Waals surface area contributed by atoms with E-state index in [-0.39, 0.29) is 12.1 Å². The molecule has 1 aromatic heterocycles. The van der Waals surface area contributed by atoms with Gasteiger partial charge in [0, 0.05) is 31.9 Å². The van der Waals surface area contributed by atoms with Gasteiger partial charge in [-0.1, -0.05) is 0 Å². The highest BCUT2D eigenvalue weighted by Crippen LogP contribution is 2.13. The van der Waals surface area contributed by atoms with Crippen molar-refractivity contribution < 1.29 is 14.3 Å². The highest BCUT2D eigenvalue weighted by Gasteiger charge is 2.23. The number of morpholine rings is 1. The van der Waals surface area contributed by atoms with E-state index in [0.29, 0.717) is 19.1 Å². The van der Waals surface area contributed by atoms with Crippen molar-refractivity contribution in [1.29, 1.82) is 0 Å². The van der Waals surface area contributed by atoms with E-state index in [1.165, 1.54) is 7.11 Å². The molecule has 0 bridgehead atoms. The van der Waals surface area contributed by atoms with Crippen molar-refractivity contribution in [2.75, 3.05) is 26.8 Å². The molecule has 20 heavy (non-hydrogen) atoms. The Morgan fingerprint density at radius 2 is 2.40 bits per heavy atom. The standard InChI is InChI=1S/C14H23N3O3/c1-11(2)17-5-4-12(15-17)9-16-6-7-20-13(10-16)8-14(18)19-3/h4-5,11,13H,6-10H2,1-3H3. The van der Waals surface area contributed by atoms with Gasteiger partial charge in [-0.25, -0.2) is 0 Å². The summed E-state index contributed by atoms with van der Waals surface area (Å²) in [5, 5.41) is 4.55. The zero-order valence-electron chi connectivity index (χ0n) is 12.4. The molecular formula is C14H23N3O3. The number of hydrogen-bond acceptors (Lipinski definition) is 5. The van der Waals surface area contributed by atoms with Gasteiger partial charge in [0.05, 0.1) is 31.9 Å². The molecule has 0 saturated carbocycles. The Labute approximate surface area is 119 Å². The van der Waals surface area contributed by atoms with Gasteiger partial charge < -0.3 is 9.47 Å². The summed E-state index contributed by atoms with van der Waals surface area (Å²) in [6.07, 6.45) is 2.24. The second-order valence-electron chi connectivity index (χ2n) is 5.39. The van der Waals surface area contributed by atoms with E-state index in [1.807, 2.05) is 16.9 Å². The molecule has 0 aliphatic carbocycles. The van der Waals surface area contributed by atoms with Crippen molar-refractivity contribution in [1.82, 2.24) is 14.7 Å². The van der Waals surface area contributed by atoms with E-state index < -0.39 is 0 Å². The molecular weight excluding hydrogens is 258 g/mol. The predicted octanol–water partition coefficient (Wildman–Crippen LogP) is 1.23. The topological polar surface area (TPSA) is 56.6 Å². The van der Waals surface area contributed by atoms with Gasteiger partial charge in [0.2, 0.25) is 0 Å². The fourth-order valence-electron chi connectivity index (χ4n) is 2.30. The minimum Gasteiger partial charge on any atom is -0.469 e. The molecule has 2 heterocycles. The van der Waals surface area contributed by atoms with Gasteiger partial charge in [0.25, 0.3) is 0 Å². The zero-order valence-corrected chi connectivity index (χ0v) is 12.4. The van der Waals surface area contributed by atoms with Crippen LogP contribution >= 0.6 is 0 Å². The van der Waals surface area contributed by atoms with E-state index in [1.54, 1.807) is 0 Å². The summed E-state index contributed by atoms with van der Waals surface area (Å²) in [5.74, 6) is -0.221. The van der Waals surface area contributed by atoms with Crippen LogP contribution in [0.5, 0.6) is 0 Å². The lowest BCUT2D eigenvalue weighted by Gasteiger charge is -2.31. The maximum Gasteiger partial charge on any atom is 0.308 e. The Balaban J connectivity index is 1.87. The van der Waals surface area contributed by atoms with Gasteiger partial charge in [0.15, 0.2) is 0 Å². The van der Waals surface area contributed by atoms with Crippen LogP contribution in [0.25, 0.3) is 0 Å². The number of carbonyl (C=O) groups excluding carboxylic acids is 1. The van der Waals surface area contributed by atoms with Crippen molar-refractivity contribution in [2.24, 2.45) is 0 Å². The minimum atomic E-state index is -0.221. The molecule has 1 atom stereocenters. The van der Waals surface area contributed by atoms with Crippen molar-refractivity contribution in [3.8, 4) is 0 Å². The smallest absolute Gasteiger partial charge is 0.308 e. The van der Waals surface area contributed by atoms with Crippen LogP contribution in [0.4, 0.5) is 0 Å². The van der Waals surface area contributed by atoms with Gasteiger partial charge in [-0.15, -0.1) is 0 Å². The maximum absolute atomic E-state index is 11.3. The lowest BCUT2D eigenvalue weighted by molar-refractivity contribution is -0.145. The van der Waals surface area contributed by atoms with Crippen LogP contribution in [0.2, 0.25) is 0 Å². The number of aromatic nitrogens is 2. The molecule has 1 saturated heterocycles. The number of esters is 1. The van der Waals surface area contributed by atoms with Crippen LogP contribution in [-0.2, 0) is 20.8 Å². The molecule has 0 aromatic carbocycles. The first-order chi connectivity index (χ1) is 9.58. The fourth-order valence-corrected chi connectivity index (χ4v) is 2.30. The summed E-state index contributed by atoms with van der Waals surface area (Å²) >= 11 is 0. The molecule has 112 valence electrons. The maximum atomic E-state index is 11.3. The highest BCUT2D eigenvalue weighted by molar-refractivity contribution is 5.69. The lowest BCUT2D eigenvalue weighted by Crippen LogP contribution is -2.43. The first-order valence-electron chi connectivity index (χ1n) is 7.03. The minimum absolute atomic E-state index is 0.0802. The molecule has 1 aliphatic rings. The average molecular weight is 281 g/mol. The molecule has 1 unspecified atom stereocenters. The molecule has 6 heteroatoms. The van der Waals surface area contributed by atoms with Crippen molar-refractivity contribution >= 4 is 5.97 Å². The number of rotatable bonds is 5. The third-order valence-corrected chi connectivity index (χ3v) is 3.42. The van der Waals surface area contributed by atoms with Gasteiger partial charge in [-0.05, 0) is 19.9 Å². The molecule has 0 radical (unpaired) electrons.